The van der Waals surface area contributed by atoms with Crippen molar-refractivity contribution < 1.29 is 0 Å². The number of fused-ring (bicyclic) bond motifs is 7. The molecule has 37 heavy (non-hydrogen) atoms. The Morgan fingerprint density at radius 1 is 0.703 bits per heavy atom. The molecule has 174 valence electrons. The first-order valence-corrected chi connectivity index (χ1v) is 13.3. The molecule has 0 N–H and O–H groups in total. The van der Waals surface area contributed by atoms with E-state index in [2.05, 4.69) is 132 Å². The number of imidazole rings is 1. The van der Waals surface area contributed by atoms with Crippen LogP contribution in [-0.2, 0) is 5.54 Å². The molecular formula is C33H21N3S. The first-order chi connectivity index (χ1) is 18.3. The number of allylic oxidation sites excluding steroid dienone is 4. The topological polar surface area (TPSA) is 30.2 Å². The van der Waals surface area contributed by atoms with Crippen LogP contribution in [0.5, 0.6) is 0 Å². The molecule has 1 spiro atoms. The van der Waals surface area contributed by atoms with Crippen LogP contribution in [0.2, 0.25) is 0 Å². The first kappa shape index (κ1) is 20.7. The van der Waals surface area contributed by atoms with Gasteiger partial charge in [0.25, 0.3) is 0 Å². The molecular weight excluding hydrogens is 470 g/mol. The maximum Gasteiger partial charge on any atom is 0.142 e. The molecule has 0 radical (unpaired) electrons. The number of nitrogens with zero attached hydrogens (tertiary/aromatic N) is 3. The SMILES string of the molecule is C1=CC2(C=C3Sc4ccccc4N=C13)c1ccccc1-c1nc(-c3ccccc3)c(-c3ccccc3)n12. The van der Waals surface area contributed by atoms with E-state index in [0.717, 1.165) is 39.7 Å². The highest BCUT2D eigenvalue weighted by atomic mass is 32.2. The summed E-state index contributed by atoms with van der Waals surface area (Å²) < 4.78 is 2.44. The van der Waals surface area contributed by atoms with Gasteiger partial charge in [0.1, 0.15) is 11.4 Å². The molecule has 1 unspecified atom stereocenters. The molecule has 0 bridgehead atoms. The first-order valence-electron chi connectivity index (χ1n) is 12.4. The maximum atomic E-state index is 5.33. The second-order valence-corrected chi connectivity index (χ2v) is 10.6. The monoisotopic (exact) mass is 491 g/mol. The average molecular weight is 492 g/mol. The van der Waals surface area contributed by atoms with Gasteiger partial charge in [-0.3, -0.25) is 0 Å². The van der Waals surface area contributed by atoms with Gasteiger partial charge in [-0.2, -0.15) is 0 Å². The van der Waals surface area contributed by atoms with Gasteiger partial charge in [0, 0.05) is 26.5 Å². The summed E-state index contributed by atoms with van der Waals surface area (Å²) in [6.07, 6.45) is 6.90. The van der Waals surface area contributed by atoms with Crippen LogP contribution in [0.25, 0.3) is 33.9 Å². The molecule has 3 heterocycles. The zero-order valence-electron chi connectivity index (χ0n) is 19.9. The number of hydrogen-bond acceptors (Lipinski definition) is 3. The largest absolute Gasteiger partial charge is 0.306 e. The van der Waals surface area contributed by atoms with Gasteiger partial charge < -0.3 is 4.57 Å². The van der Waals surface area contributed by atoms with Gasteiger partial charge in [-0.05, 0) is 35.9 Å². The molecule has 0 amide bonds. The van der Waals surface area contributed by atoms with Crippen LogP contribution in [0.3, 0.4) is 0 Å². The van der Waals surface area contributed by atoms with Gasteiger partial charge in [0.05, 0.1) is 22.8 Å². The van der Waals surface area contributed by atoms with Crippen molar-refractivity contribution in [1.82, 2.24) is 9.55 Å². The van der Waals surface area contributed by atoms with E-state index in [1.54, 1.807) is 11.8 Å². The third kappa shape index (κ3) is 2.96. The molecule has 4 aromatic carbocycles. The van der Waals surface area contributed by atoms with E-state index in [1.807, 2.05) is 0 Å². The highest BCUT2D eigenvalue weighted by molar-refractivity contribution is 8.04. The summed E-state index contributed by atoms with van der Waals surface area (Å²) >= 11 is 1.80. The fourth-order valence-electron chi connectivity index (χ4n) is 5.74. The quantitative estimate of drug-likeness (QED) is 0.249. The summed E-state index contributed by atoms with van der Waals surface area (Å²) in [4.78, 5) is 12.7. The molecule has 1 aliphatic carbocycles. The van der Waals surface area contributed by atoms with Gasteiger partial charge in [0.2, 0.25) is 0 Å². The van der Waals surface area contributed by atoms with Crippen LogP contribution in [0.4, 0.5) is 5.69 Å². The van der Waals surface area contributed by atoms with Crippen LogP contribution in [0, 0.1) is 0 Å². The van der Waals surface area contributed by atoms with E-state index in [0.29, 0.717) is 0 Å². The van der Waals surface area contributed by atoms with Crippen molar-refractivity contribution in [3.63, 3.8) is 0 Å². The lowest BCUT2D eigenvalue weighted by Crippen LogP contribution is -2.31. The van der Waals surface area contributed by atoms with Crippen molar-refractivity contribution in [2.75, 3.05) is 0 Å². The van der Waals surface area contributed by atoms with Crippen LogP contribution < -0.4 is 0 Å². The molecule has 0 saturated carbocycles. The highest BCUT2D eigenvalue weighted by Crippen LogP contribution is 2.54. The minimum absolute atomic E-state index is 0.495. The second-order valence-electron chi connectivity index (χ2n) is 9.48. The minimum Gasteiger partial charge on any atom is -0.306 e. The van der Waals surface area contributed by atoms with Crippen LogP contribution in [0.15, 0.2) is 142 Å². The fourth-order valence-corrected chi connectivity index (χ4v) is 6.80. The van der Waals surface area contributed by atoms with Crippen molar-refractivity contribution >= 4 is 23.2 Å². The lowest BCUT2D eigenvalue weighted by molar-refractivity contribution is 0.591. The Bertz CT molecular complexity index is 1790. The van der Waals surface area contributed by atoms with E-state index in [1.165, 1.54) is 20.9 Å². The van der Waals surface area contributed by atoms with Gasteiger partial charge in [0.15, 0.2) is 0 Å². The predicted molar refractivity (Wildman–Crippen MR) is 152 cm³/mol. The fraction of sp³-hybridized carbons (Fsp3) is 0.0303. The van der Waals surface area contributed by atoms with Crippen LogP contribution >= 0.6 is 11.8 Å². The molecule has 0 saturated heterocycles. The van der Waals surface area contributed by atoms with Gasteiger partial charge in [-0.25, -0.2) is 9.98 Å². The van der Waals surface area contributed by atoms with Crippen molar-refractivity contribution in [3.05, 3.63) is 138 Å². The Balaban J connectivity index is 1.44. The molecule has 3 aliphatic rings. The Morgan fingerprint density at radius 3 is 2.24 bits per heavy atom. The van der Waals surface area contributed by atoms with Gasteiger partial charge in [-0.15, -0.1) is 0 Å². The van der Waals surface area contributed by atoms with Crippen molar-refractivity contribution in [1.29, 1.82) is 0 Å². The normalized spacial score (nSPS) is 18.5. The standard InChI is InChI=1S/C33H21N3S/c1-3-11-22(12-4-1)30-31(23-13-5-2-6-14-23)36-32(35-30)24-15-7-8-16-25(24)33(36)20-19-27-29(21-33)37-28-18-10-9-17-26(28)34-27/h1-21H. The van der Waals surface area contributed by atoms with Crippen molar-refractivity contribution in [2.24, 2.45) is 4.99 Å². The summed E-state index contributed by atoms with van der Waals surface area (Å²) in [6, 6.07) is 38.2. The number of thioether (sulfide) groups is 1. The predicted octanol–water partition coefficient (Wildman–Crippen LogP) is 8.27. The summed E-state index contributed by atoms with van der Waals surface area (Å²) in [5, 5.41) is 0. The van der Waals surface area contributed by atoms with Crippen molar-refractivity contribution in [3.8, 4) is 33.9 Å². The van der Waals surface area contributed by atoms with Gasteiger partial charge in [-0.1, -0.05) is 109 Å². The lowest BCUT2D eigenvalue weighted by atomic mass is 9.84. The number of benzene rings is 4. The zero-order valence-corrected chi connectivity index (χ0v) is 20.7. The lowest BCUT2D eigenvalue weighted by Gasteiger charge is -2.33. The maximum absolute atomic E-state index is 5.33. The molecule has 8 rings (SSSR count). The summed E-state index contributed by atoms with van der Waals surface area (Å²) in [7, 11) is 0. The molecule has 1 atom stereocenters. The third-order valence-corrected chi connectivity index (χ3v) is 8.48. The molecule has 1 aromatic heterocycles. The Morgan fingerprint density at radius 2 is 1.41 bits per heavy atom. The van der Waals surface area contributed by atoms with E-state index in [-0.39, 0.29) is 0 Å². The van der Waals surface area contributed by atoms with Gasteiger partial charge >= 0.3 is 0 Å². The summed E-state index contributed by atoms with van der Waals surface area (Å²) in [6.45, 7) is 0. The molecule has 0 fully saturated rings. The average Bonchev–Trinajstić information content (AvgIpc) is 3.48. The Kier molecular flexibility index (Phi) is 4.37. The van der Waals surface area contributed by atoms with E-state index >= 15 is 0 Å². The second kappa shape index (κ2) is 7.79. The number of para-hydroxylation sites is 1. The molecule has 4 heteroatoms. The summed E-state index contributed by atoms with van der Waals surface area (Å²) in [5.41, 5.74) is 8.37. The van der Waals surface area contributed by atoms with E-state index < -0.39 is 5.54 Å². The molecule has 5 aromatic rings. The van der Waals surface area contributed by atoms with E-state index in [4.69, 9.17) is 9.98 Å². The third-order valence-electron chi connectivity index (χ3n) is 7.37. The highest BCUT2D eigenvalue weighted by Gasteiger charge is 2.45. The summed E-state index contributed by atoms with van der Waals surface area (Å²) in [5.74, 6) is 0.997. The number of hydrogen-bond donors (Lipinski definition) is 0. The van der Waals surface area contributed by atoms with Crippen LogP contribution in [0.1, 0.15) is 5.56 Å². The molecule has 3 nitrogen and oxygen atoms in total. The molecule has 2 aliphatic heterocycles. The Hall–Kier alpha value is -4.41. The van der Waals surface area contributed by atoms with E-state index in [9.17, 15) is 0 Å². The minimum atomic E-state index is -0.495. The number of aromatic nitrogens is 2. The van der Waals surface area contributed by atoms with Crippen LogP contribution in [-0.4, -0.2) is 15.3 Å². The number of aliphatic imine (C=N–C) groups is 1. The zero-order chi connectivity index (χ0) is 24.4. The van der Waals surface area contributed by atoms with Crippen molar-refractivity contribution in [2.45, 2.75) is 10.4 Å². The Labute approximate surface area is 219 Å². The number of rotatable bonds is 2. The smallest absolute Gasteiger partial charge is 0.142 e.